The Morgan fingerprint density at radius 3 is 2.62 bits per heavy atom. The average Bonchev–Trinajstić information content (AvgIpc) is 2.87. The van der Waals surface area contributed by atoms with Gasteiger partial charge in [0.2, 0.25) is 5.78 Å². The van der Waals surface area contributed by atoms with Crippen molar-refractivity contribution in [1.29, 1.82) is 0 Å². The molecule has 0 radical (unpaired) electrons. The summed E-state index contributed by atoms with van der Waals surface area (Å²) >= 11 is 0. The number of ketones is 1. The Hall–Kier alpha value is -2.43. The molecule has 1 aromatic carbocycles. The fourth-order valence-electron chi connectivity index (χ4n) is 2.63. The van der Waals surface area contributed by atoms with E-state index in [1.54, 1.807) is 31.6 Å². The molecular formula is C16H15FN2O2. The summed E-state index contributed by atoms with van der Waals surface area (Å²) in [5.74, 6) is -0.356. The molecule has 0 fully saturated rings. The van der Waals surface area contributed by atoms with Crippen molar-refractivity contribution in [2.24, 2.45) is 7.05 Å². The van der Waals surface area contributed by atoms with Crippen LogP contribution in [0.5, 0.6) is 0 Å². The second-order valence-corrected chi connectivity index (χ2v) is 5.20. The van der Waals surface area contributed by atoms with Gasteiger partial charge in [-0.05, 0) is 32.9 Å². The van der Waals surface area contributed by atoms with Crippen molar-refractivity contribution >= 4 is 16.8 Å². The molecule has 2 heterocycles. The Balaban J connectivity index is 2.20. The van der Waals surface area contributed by atoms with Crippen molar-refractivity contribution in [2.75, 3.05) is 0 Å². The van der Waals surface area contributed by atoms with Crippen molar-refractivity contribution in [1.82, 2.24) is 9.78 Å². The summed E-state index contributed by atoms with van der Waals surface area (Å²) in [4.78, 5) is 12.7. The number of aryl methyl sites for hydroxylation is 3. The maximum absolute atomic E-state index is 13.3. The molecule has 0 atom stereocenters. The third-order valence-electron chi connectivity index (χ3n) is 3.84. The molecule has 108 valence electrons. The summed E-state index contributed by atoms with van der Waals surface area (Å²) in [7, 11) is 1.79. The number of carbonyl (C=O) groups excluding carboxylic acids is 1. The lowest BCUT2D eigenvalue weighted by atomic mass is 10.0. The molecular weight excluding hydrogens is 271 g/mol. The number of hydrogen-bond acceptors (Lipinski definition) is 3. The van der Waals surface area contributed by atoms with Crippen LogP contribution in [0.1, 0.15) is 33.1 Å². The molecule has 0 unspecified atom stereocenters. The van der Waals surface area contributed by atoms with Gasteiger partial charge >= 0.3 is 0 Å². The normalized spacial score (nSPS) is 11.3. The summed E-state index contributed by atoms with van der Waals surface area (Å²) < 4.78 is 20.5. The number of benzene rings is 1. The summed E-state index contributed by atoms with van der Waals surface area (Å²) in [5, 5.41) is 5.00. The van der Waals surface area contributed by atoms with E-state index < -0.39 is 0 Å². The third-order valence-corrected chi connectivity index (χ3v) is 3.84. The van der Waals surface area contributed by atoms with Crippen molar-refractivity contribution < 1.29 is 13.6 Å². The molecule has 0 aliphatic carbocycles. The van der Waals surface area contributed by atoms with Crippen LogP contribution in [0.25, 0.3) is 11.0 Å². The lowest BCUT2D eigenvalue weighted by Crippen LogP contribution is -2.05. The molecule has 0 amide bonds. The largest absolute Gasteiger partial charge is 0.452 e. The van der Waals surface area contributed by atoms with Crippen LogP contribution in [-0.4, -0.2) is 15.6 Å². The average molecular weight is 286 g/mol. The fourth-order valence-corrected chi connectivity index (χ4v) is 2.63. The zero-order valence-electron chi connectivity index (χ0n) is 12.3. The molecule has 0 bridgehead atoms. The number of halogens is 1. The Labute approximate surface area is 121 Å². The SMILES string of the molecule is Cc1nn(C)c(C)c1C(=O)c1oc2cc(F)ccc2c1C. The van der Waals surface area contributed by atoms with E-state index in [4.69, 9.17) is 4.42 Å². The molecule has 0 saturated heterocycles. The van der Waals surface area contributed by atoms with E-state index >= 15 is 0 Å². The minimum Gasteiger partial charge on any atom is -0.452 e. The topological polar surface area (TPSA) is 48.0 Å². The van der Waals surface area contributed by atoms with E-state index in [0.29, 0.717) is 16.8 Å². The summed E-state index contributed by atoms with van der Waals surface area (Å²) in [6, 6.07) is 4.28. The predicted molar refractivity (Wildman–Crippen MR) is 77.0 cm³/mol. The Morgan fingerprint density at radius 1 is 1.29 bits per heavy atom. The molecule has 4 nitrogen and oxygen atoms in total. The van der Waals surface area contributed by atoms with E-state index in [9.17, 15) is 9.18 Å². The van der Waals surface area contributed by atoms with Gasteiger partial charge in [0.25, 0.3) is 0 Å². The second-order valence-electron chi connectivity index (χ2n) is 5.20. The standard InChI is InChI=1S/C16H15FN2O2/c1-8-12-6-5-11(17)7-13(12)21-16(8)15(20)14-9(2)18-19(4)10(14)3/h5-7H,1-4H3. The molecule has 5 heteroatoms. The molecule has 2 aromatic heterocycles. The van der Waals surface area contributed by atoms with E-state index in [-0.39, 0.29) is 17.4 Å². The Morgan fingerprint density at radius 2 is 2.00 bits per heavy atom. The lowest BCUT2D eigenvalue weighted by molar-refractivity contribution is 0.101. The maximum Gasteiger partial charge on any atom is 0.232 e. The van der Waals surface area contributed by atoms with Crippen LogP contribution < -0.4 is 0 Å². The first-order valence-electron chi connectivity index (χ1n) is 6.63. The van der Waals surface area contributed by atoms with E-state index in [1.807, 2.05) is 6.92 Å². The van der Waals surface area contributed by atoms with Crippen LogP contribution in [0.4, 0.5) is 4.39 Å². The highest BCUT2D eigenvalue weighted by Gasteiger charge is 2.24. The maximum atomic E-state index is 13.3. The Kier molecular flexibility index (Phi) is 2.93. The van der Waals surface area contributed by atoms with Gasteiger partial charge in [0.15, 0.2) is 5.76 Å². The fraction of sp³-hybridized carbons (Fsp3) is 0.250. The quantitative estimate of drug-likeness (QED) is 0.678. The zero-order valence-corrected chi connectivity index (χ0v) is 12.3. The first kappa shape index (κ1) is 13.5. The minimum absolute atomic E-state index is 0.216. The predicted octanol–water partition coefficient (Wildman–Crippen LogP) is 3.46. The van der Waals surface area contributed by atoms with E-state index in [1.165, 1.54) is 12.1 Å². The summed E-state index contributed by atoms with van der Waals surface area (Å²) in [5.41, 5.74) is 3.09. The van der Waals surface area contributed by atoms with Gasteiger partial charge < -0.3 is 4.42 Å². The third kappa shape index (κ3) is 1.96. The van der Waals surface area contributed by atoms with Crippen LogP contribution in [0.3, 0.4) is 0 Å². The van der Waals surface area contributed by atoms with Gasteiger partial charge in [0, 0.05) is 29.8 Å². The molecule has 0 N–H and O–H groups in total. The Bertz CT molecular complexity index is 874. The van der Waals surface area contributed by atoms with Gasteiger partial charge in [0.05, 0.1) is 11.3 Å². The van der Waals surface area contributed by atoms with Crippen LogP contribution >= 0.6 is 0 Å². The number of hydrogen-bond donors (Lipinski definition) is 0. The number of nitrogens with zero attached hydrogens (tertiary/aromatic N) is 2. The van der Waals surface area contributed by atoms with E-state index in [2.05, 4.69) is 5.10 Å². The van der Waals surface area contributed by atoms with Crippen molar-refractivity contribution in [3.05, 3.63) is 52.3 Å². The number of furan rings is 1. The number of aromatic nitrogens is 2. The van der Waals surface area contributed by atoms with Gasteiger partial charge in [-0.15, -0.1) is 0 Å². The second kappa shape index (κ2) is 4.55. The van der Waals surface area contributed by atoms with Crippen LogP contribution in [-0.2, 0) is 7.05 Å². The number of carbonyl (C=O) groups is 1. The highest BCUT2D eigenvalue weighted by atomic mass is 19.1. The lowest BCUT2D eigenvalue weighted by Gasteiger charge is -1.99. The van der Waals surface area contributed by atoms with Gasteiger partial charge in [-0.1, -0.05) is 0 Å². The summed E-state index contributed by atoms with van der Waals surface area (Å²) in [6.45, 7) is 5.43. The molecule has 3 aromatic rings. The molecule has 3 rings (SSSR count). The monoisotopic (exact) mass is 286 g/mol. The molecule has 21 heavy (non-hydrogen) atoms. The minimum atomic E-state index is -0.385. The molecule has 0 aliphatic heterocycles. The number of rotatable bonds is 2. The molecule has 0 saturated carbocycles. The molecule has 0 aliphatic rings. The van der Waals surface area contributed by atoms with E-state index in [0.717, 1.165) is 16.6 Å². The smallest absolute Gasteiger partial charge is 0.232 e. The van der Waals surface area contributed by atoms with Crippen molar-refractivity contribution in [3.63, 3.8) is 0 Å². The highest BCUT2D eigenvalue weighted by Crippen LogP contribution is 2.29. The van der Waals surface area contributed by atoms with Crippen molar-refractivity contribution in [2.45, 2.75) is 20.8 Å². The van der Waals surface area contributed by atoms with Gasteiger partial charge in [-0.25, -0.2) is 4.39 Å². The van der Waals surface area contributed by atoms with Crippen molar-refractivity contribution in [3.8, 4) is 0 Å². The van der Waals surface area contributed by atoms with Crippen LogP contribution in [0, 0.1) is 26.6 Å². The van der Waals surface area contributed by atoms with Gasteiger partial charge in [-0.3, -0.25) is 9.48 Å². The first-order valence-corrected chi connectivity index (χ1v) is 6.63. The highest BCUT2D eigenvalue weighted by molar-refractivity contribution is 6.11. The van der Waals surface area contributed by atoms with Gasteiger partial charge in [-0.2, -0.15) is 5.10 Å². The number of fused-ring (bicyclic) bond motifs is 1. The van der Waals surface area contributed by atoms with Crippen LogP contribution in [0.15, 0.2) is 22.6 Å². The zero-order chi connectivity index (χ0) is 15.3. The van der Waals surface area contributed by atoms with Crippen LogP contribution in [0.2, 0.25) is 0 Å². The summed E-state index contributed by atoms with van der Waals surface area (Å²) in [6.07, 6.45) is 0. The molecule has 0 spiro atoms. The first-order chi connectivity index (χ1) is 9.90. The van der Waals surface area contributed by atoms with Gasteiger partial charge in [0.1, 0.15) is 11.4 Å².